The summed E-state index contributed by atoms with van der Waals surface area (Å²) in [6, 6.07) is 0. The van der Waals surface area contributed by atoms with Gasteiger partial charge in [0.1, 0.15) is 0 Å². The molecule has 0 aliphatic rings. The minimum atomic E-state index is 1.03. The molecule has 0 amide bonds. The van der Waals surface area contributed by atoms with Gasteiger partial charge in [0.05, 0.1) is 0 Å². The van der Waals surface area contributed by atoms with Crippen LogP contribution in [0.15, 0.2) is 0 Å². The molecule has 1 unspecified atom stereocenters. The maximum atomic E-state index is 2.40. The highest BCUT2D eigenvalue weighted by atomic mass is 14.1. The summed E-state index contributed by atoms with van der Waals surface area (Å²) in [5.41, 5.74) is 0. The molecular weight excluding hydrogens is 649 g/mol. The van der Waals surface area contributed by atoms with Crippen molar-refractivity contribution in [3.8, 4) is 0 Å². The van der Waals surface area contributed by atoms with E-state index in [1.165, 1.54) is 321 Å². The van der Waals surface area contributed by atoms with Crippen molar-refractivity contribution in [2.45, 2.75) is 342 Å². The van der Waals surface area contributed by atoms with E-state index in [2.05, 4.69) is 20.8 Å². The Morgan fingerprint density at radius 3 is 0.444 bits per heavy atom. The lowest BCUT2D eigenvalue weighted by molar-refractivity contribution is 0.376. The van der Waals surface area contributed by atoms with Crippen molar-refractivity contribution in [2.24, 2.45) is 5.92 Å². The van der Waals surface area contributed by atoms with Crippen molar-refractivity contribution in [3.63, 3.8) is 0 Å². The lowest BCUT2D eigenvalue weighted by Crippen LogP contribution is -2.00. The number of rotatable bonds is 50. The van der Waals surface area contributed by atoms with Gasteiger partial charge in [-0.3, -0.25) is 0 Å². The fraction of sp³-hybridized carbons (Fsp3) is 1.00. The third-order valence-corrected chi connectivity index (χ3v) is 13.1. The Morgan fingerprint density at radius 2 is 0.296 bits per heavy atom. The van der Waals surface area contributed by atoms with Gasteiger partial charge in [-0.25, -0.2) is 0 Å². The SMILES string of the molecule is CCCCCCCCCCCCCCCCCCCCCCCCCCCCCCCCCCCCCCCC(CCC)CCCCCCCCCCC. The number of hydrogen-bond acceptors (Lipinski definition) is 0. The van der Waals surface area contributed by atoms with Crippen LogP contribution in [0.2, 0.25) is 0 Å². The zero-order valence-corrected chi connectivity index (χ0v) is 38.9. The van der Waals surface area contributed by atoms with Crippen molar-refractivity contribution in [1.82, 2.24) is 0 Å². The van der Waals surface area contributed by atoms with Gasteiger partial charge in [0, 0.05) is 0 Å². The van der Waals surface area contributed by atoms with E-state index in [4.69, 9.17) is 0 Å². The zero-order chi connectivity index (χ0) is 38.9. The molecule has 0 saturated heterocycles. The first kappa shape index (κ1) is 54.0. The van der Waals surface area contributed by atoms with Gasteiger partial charge in [0.15, 0.2) is 0 Å². The van der Waals surface area contributed by atoms with E-state index in [1.54, 1.807) is 0 Å². The van der Waals surface area contributed by atoms with E-state index < -0.39 is 0 Å². The Bertz CT molecular complexity index is 607. The maximum absolute atomic E-state index is 2.40. The van der Waals surface area contributed by atoms with Crippen LogP contribution in [0.4, 0.5) is 0 Å². The van der Waals surface area contributed by atoms with Gasteiger partial charge in [0.25, 0.3) is 0 Å². The second kappa shape index (κ2) is 51.0. The van der Waals surface area contributed by atoms with Crippen LogP contribution in [0.5, 0.6) is 0 Å². The molecule has 0 aliphatic carbocycles. The molecule has 0 bridgehead atoms. The Balaban J connectivity index is 3.20. The minimum absolute atomic E-state index is 1.03. The lowest BCUT2D eigenvalue weighted by atomic mass is 9.90. The van der Waals surface area contributed by atoms with Crippen molar-refractivity contribution in [2.75, 3.05) is 0 Å². The first-order valence-corrected chi connectivity index (χ1v) is 26.8. The smallest absolute Gasteiger partial charge is 0.0414 e. The molecule has 0 aromatic carbocycles. The van der Waals surface area contributed by atoms with Gasteiger partial charge in [-0.2, -0.15) is 0 Å². The van der Waals surface area contributed by atoms with E-state index >= 15 is 0 Å². The van der Waals surface area contributed by atoms with Crippen molar-refractivity contribution in [1.29, 1.82) is 0 Å². The highest BCUT2D eigenvalue weighted by molar-refractivity contribution is 4.61. The van der Waals surface area contributed by atoms with E-state index in [0.717, 1.165) is 5.92 Å². The molecule has 0 nitrogen and oxygen atoms in total. The van der Waals surface area contributed by atoms with Crippen molar-refractivity contribution in [3.05, 3.63) is 0 Å². The van der Waals surface area contributed by atoms with Gasteiger partial charge in [-0.15, -0.1) is 0 Å². The molecule has 1 atom stereocenters. The summed E-state index contributed by atoms with van der Waals surface area (Å²) < 4.78 is 0. The Labute approximate surface area is 346 Å². The Kier molecular flexibility index (Phi) is 51.0. The summed E-state index contributed by atoms with van der Waals surface area (Å²) in [5, 5.41) is 0. The molecule has 0 fully saturated rings. The van der Waals surface area contributed by atoms with E-state index in [9.17, 15) is 0 Å². The predicted molar refractivity (Wildman–Crippen MR) is 251 cm³/mol. The summed E-state index contributed by atoms with van der Waals surface area (Å²) in [6.07, 6.45) is 74.3. The quantitative estimate of drug-likeness (QED) is 0.0542. The van der Waals surface area contributed by atoms with Crippen molar-refractivity contribution >= 4 is 0 Å². The first-order chi connectivity index (χ1) is 26.8. The molecule has 0 rings (SSSR count). The summed E-state index contributed by atoms with van der Waals surface area (Å²) in [7, 11) is 0. The monoisotopic (exact) mass is 759 g/mol. The molecule has 0 N–H and O–H groups in total. The average molecular weight is 759 g/mol. The summed E-state index contributed by atoms with van der Waals surface area (Å²) >= 11 is 0. The van der Waals surface area contributed by atoms with E-state index in [0.29, 0.717) is 0 Å². The molecule has 0 saturated carbocycles. The fourth-order valence-electron chi connectivity index (χ4n) is 9.28. The Hall–Kier alpha value is 0. The van der Waals surface area contributed by atoms with Gasteiger partial charge >= 0.3 is 0 Å². The summed E-state index contributed by atoms with van der Waals surface area (Å²) in [5.74, 6) is 1.03. The van der Waals surface area contributed by atoms with E-state index in [1.807, 2.05) is 0 Å². The van der Waals surface area contributed by atoms with Crippen LogP contribution in [0.25, 0.3) is 0 Å². The highest BCUT2D eigenvalue weighted by Crippen LogP contribution is 2.24. The molecule has 0 aromatic rings. The van der Waals surface area contributed by atoms with Crippen molar-refractivity contribution < 1.29 is 0 Å². The molecule has 54 heavy (non-hydrogen) atoms. The van der Waals surface area contributed by atoms with Gasteiger partial charge < -0.3 is 0 Å². The van der Waals surface area contributed by atoms with Gasteiger partial charge in [-0.1, -0.05) is 342 Å². The second-order valence-corrected chi connectivity index (χ2v) is 18.8. The number of unbranched alkanes of at least 4 members (excludes halogenated alkanes) is 44. The average Bonchev–Trinajstić information content (AvgIpc) is 3.18. The third-order valence-electron chi connectivity index (χ3n) is 13.1. The van der Waals surface area contributed by atoms with Gasteiger partial charge in [-0.05, 0) is 5.92 Å². The molecule has 0 radical (unpaired) electrons. The first-order valence-electron chi connectivity index (χ1n) is 26.8. The number of hydrogen-bond donors (Lipinski definition) is 0. The molecule has 0 aromatic heterocycles. The summed E-state index contributed by atoms with van der Waals surface area (Å²) in [6.45, 7) is 7.03. The third kappa shape index (κ3) is 48.1. The largest absolute Gasteiger partial charge is 0.0654 e. The highest BCUT2D eigenvalue weighted by Gasteiger charge is 2.07. The fourth-order valence-corrected chi connectivity index (χ4v) is 9.28. The zero-order valence-electron chi connectivity index (χ0n) is 38.9. The summed E-state index contributed by atoms with van der Waals surface area (Å²) in [4.78, 5) is 0. The molecule has 0 spiro atoms. The maximum Gasteiger partial charge on any atom is -0.0414 e. The molecular formula is C54H110. The van der Waals surface area contributed by atoms with E-state index in [-0.39, 0.29) is 0 Å². The Morgan fingerprint density at radius 1 is 0.148 bits per heavy atom. The molecule has 0 heterocycles. The van der Waals surface area contributed by atoms with Crippen LogP contribution in [0, 0.1) is 5.92 Å². The topological polar surface area (TPSA) is 0 Å². The van der Waals surface area contributed by atoms with Crippen LogP contribution in [-0.2, 0) is 0 Å². The molecule has 0 aliphatic heterocycles. The van der Waals surface area contributed by atoms with Gasteiger partial charge in [0.2, 0.25) is 0 Å². The van der Waals surface area contributed by atoms with Crippen LogP contribution in [0.3, 0.4) is 0 Å². The van der Waals surface area contributed by atoms with Crippen LogP contribution in [0.1, 0.15) is 342 Å². The standard InChI is InChI=1S/C54H110/c1-4-7-9-11-13-15-16-17-18-19-20-21-22-23-24-25-26-27-28-29-30-31-32-33-34-35-36-37-38-39-40-41-42-44-46-48-50-53-54(51-6-3)52-49-47-45-43-14-12-10-8-5-2/h54H,4-53H2,1-3H3. The predicted octanol–water partition coefficient (Wildman–Crippen LogP) is 21.2. The molecule has 0 heteroatoms. The molecule has 326 valence electrons. The van der Waals surface area contributed by atoms with Crippen LogP contribution in [-0.4, -0.2) is 0 Å². The normalized spacial score (nSPS) is 12.3. The lowest BCUT2D eigenvalue weighted by Gasteiger charge is -2.16. The van der Waals surface area contributed by atoms with Crippen LogP contribution >= 0.6 is 0 Å². The minimum Gasteiger partial charge on any atom is -0.0654 e. The van der Waals surface area contributed by atoms with Crippen LogP contribution < -0.4 is 0 Å². The second-order valence-electron chi connectivity index (χ2n) is 18.8.